The maximum absolute atomic E-state index is 12.4. The number of rotatable bonds is 3. The standard InChI is InChI=1S/C12H14N2O4S2/c1-8-6-14(7-10(8)12(15)18-2)20(16,17)11-4-3-9(5-13)19-11/h3-4,8,10H,6-7H2,1-2H3. The number of nitriles is 1. The van der Waals surface area contributed by atoms with E-state index in [-0.39, 0.29) is 29.2 Å². The van der Waals surface area contributed by atoms with E-state index < -0.39 is 15.9 Å². The minimum Gasteiger partial charge on any atom is -0.469 e. The molecule has 8 heteroatoms. The predicted octanol–water partition coefficient (Wildman–Crippen LogP) is 1.05. The Kier molecular flexibility index (Phi) is 4.13. The maximum Gasteiger partial charge on any atom is 0.310 e. The molecule has 0 aromatic carbocycles. The molecule has 6 nitrogen and oxygen atoms in total. The monoisotopic (exact) mass is 314 g/mol. The molecule has 0 saturated carbocycles. The molecule has 0 bridgehead atoms. The number of nitrogens with zero attached hydrogens (tertiary/aromatic N) is 2. The Hall–Kier alpha value is -1.43. The molecule has 1 aromatic heterocycles. The molecule has 2 heterocycles. The topological polar surface area (TPSA) is 87.5 Å². The molecule has 1 aromatic rings. The lowest BCUT2D eigenvalue weighted by Gasteiger charge is -2.14. The number of thiophene rings is 1. The van der Waals surface area contributed by atoms with Crippen LogP contribution in [-0.4, -0.2) is 38.9 Å². The van der Waals surface area contributed by atoms with Crippen molar-refractivity contribution in [1.82, 2.24) is 4.31 Å². The first-order valence-corrected chi connectivity index (χ1v) is 8.23. The normalized spacial score (nSPS) is 23.4. The van der Waals surface area contributed by atoms with E-state index in [0.717, 1.165) is 11.3 Å². The average Bonchev–Trinajstić information content (AvgIpc) is 3.04. The highest BCUT2D eigenvalue weighted by Gasteiger charge is 2.41. The molecule has 0 spiro atoms. The molecule has 0 aliphatic carbocycles. The third-order valence-electron chi connectivity index (χ3n) is 3.37. The van der Waals surface area contributed by atoms with Crippen molar-refractivity contribution in [3.8, 4) is 6.07 Å². The number of hydrogen-bond acceptors (Lipinski definition) is 6. The number of carbonyl (C=O) groups is 1. The summed E-state index contributed by atoms with van der Waals surface area (Å²) in [5, 5.41) is 8.76. The van der Waals surface area contributed by atoms with Gasteiger partial charge in [0.2, 0.25) is 0 Å². The number of carbonyl (C=O) groups excluding carboxylic acids is 1. The van der Waals surface area contributed by atoms with Gasteiger partial charge in [-0.15, -0.1) is 11.3 Å². The Morgan fingerprint density at radius 3 is 2.75 bits per heavy atom. The fourth-order valence-corrected chi connectivity index (χ4v) is 5.05. The molecule has 1 saturated heterocycles. The van der Waals surface area contributed by atoms with Crippen molar-refractivity contribution in [2.24, 2.45) is 11.8 Å². The van der Waals surface area contributed by atoms with Crippen LogP contribution >= 0.6 is 11.3 Å². The zero-order valence-corrected chi connectivity index (χ0v) is 12.7. The van der Waals surface area contributed by atoms with Crippen molar-refractivity contribution in [2.75, 3.05) is 20.2 Å². The Morgan fingerprint density at radius 2 is 2.20 bits per heavy atom. The molecule has 1 aliphatic rings. The van der Waals surface area contributed by atoms with Gasteiger partial charge in [-0.2, -0.15) is 9.57 Å². The van der Waals surface area contributed by atoms with E-state index >= 15 is 0 Å². The van der Waals surface area contributed by atoms with Gasteiger partial charge in [-0.1, -0.05) is 6.92 Å². The van der Waals surface area contributed by atoms with E-state index in [1.165, 1.54) is 23.5 Å². The lowest BCUT2D eigenvalue weighted by Crippen LogP contribution is -2.29. The Labute approximate surface area is 121 Å². The zero-order valence-electron chi connectivity index (χ0n) is 11.1. The van der Waals surface area contributed by atoms with E-state index in [1.807, 2.05) is 13.0 Å². The van der Waals surface area contributed by atoms with E-state index in [4.69, 9.17) is 10.00 Å². The number of hydrogen-bond donors (Lipinski definition) is 0. The Morgan fingerprint density at radius 1 is 1.50 bits per heavy atom. The van der Waals surface area contributed by atoms with Gasteiger partial charge >= 0.3 is 5.97 Å². The van der Waals surface area contributed by atoms with Crippen molar-refractivity contribution < 1.29 is 17.9 Å². The van der Waals surface area contributed by atoms with Crippen LogP contribution in [0.4, 0.5) is 0 Å². The van der Waals surface area contributed by atoms with Crippen molar-refractivity contribution in [1.29, 1.82) is 5.26 Å². The summed E-state index contributed by atoms with van der Waals surface area (Å²) >= 11 is 0.936. The molecule has 1 aliphatic heterocycles. The highest BCUT2D eigenvalue weighted by molar-refractivity contribution is 7.91. The van der Waals surface area contributed by atoms with Crippen LogP contribution in [0.2, 0.25) is 0 Å². The first-order valence-electron chi connectivity index (χ1n) is 5.98. The van der Waals surface area contributed by atoms with Crippen molar-refractivity contribution in [3.05, 3.63) is 17.0 Å². The molecular formula is C12H14N2O4S2. The maximum atomic E-state index is 12.4. The number of esters is 1. The minimum absolute atomic E-state index is 0.0902. The van der Waals surface area contributed by atoms with Gasteiger partial charge in [0.25, 0.3) is 10.0 Å². The fourth-order valence-electron chi connectivity index (χ4n) is 2.22. The smallest absolute Gasteiger partial charge is 0.310 e. The second-order valence-corrected chi connectivity index (χ2v) is 7.91. The highest BCUT2D eigenvalue weighted by Crippen LogP contribution is 2.31. The van der Waals surface area contributed by atoms with Crippen LogP contribution in [0.15, 0.2) is 16.3 Å². The number of sulfonamides is 1. The largest absolute Gasteiger partial charge is 0.469 e. The summed E-state index contributed by atoms with van der Waals surface area (Å²) in [6, 6.07) is 4.82. The van der Waals surface area contributed by atoms with Gasteiger partial charge in [0.15, 0.2) is 0 Å². The Balaban J connectivity index is 2.24. The molecule has 0 N–H and O–H groups in total. The summed E-state index contributed by atoms with van der Waals surface area (Å²) in [5.74, 6) is -0.920. The lowest BCUT2D eigenvalue weighted by atomic mass is 9.99. The van der Waals surface area contributed by atoms with Crippen molar-refractivity contribution in [3.63, 3.8) is 0 Å². The first-order chi connectivity index (χ1) is 9.40. The van der Waals surface area contributed by atoms with Gasteiger partial charge in [-0.3, -0.25) is 4.79 Å². The van der Waals surface area contributed by atoms with Crippen molar-refractivity contribution in [2.45, 2.75) is 11.1 Å². The molecular weight excluding hydrogens is 300 g/mol. The fraction of sp³-hybridized carbons (Fsp3) is 0.500. The lowest BCUT2D eigenvalue weighted by molar-refractivity contribution is -0.145. The van der Waals surface area contributed by atoms with E-state index in [9.17, 15) is 13.2 Å². The molecule has 0 radical (unpaired) electrons. The van der Waals surface area contributed by atoms with Crippen LogP contribution in [0.25, 0.3) is 0 Å². The average molecular weight is 314 g/mol. The molecule has 0 amide bonds. The summed E-state index contributed by atoms with van der Waals surface area (Å²) in [6.45, 7) is 2.23. The van der Waals surface area contributed by atoms with Crippen LogP contribution in [0.3, 0.4) is 0 Å². The minimum atomic E-state index is -3.64. The van der Waals surface area contributed by atoms with Gasteiger partial charge in [0, 0.05) is 13.1 Å². The molecule has 108 valence electrons. The molecule has 2 unspecified atom stereocenters. The van der Waals surface area contributed by atoms with Crippen molar-refractivity contribution >= 4 is 27.3 Å². The second kappa shape index (κ2) is 5.52. The van der Waals surface area contributed by atoms with Gasteiger partial charge in [-0.25, -0.2) is 8.42 Å². The second-order valence-electron chi connectivity index (χ2n) is 4.66. The summed E-state index contributed by atoms with van der Waals surface area (Å²) in [7, 11) is -2.35. The van der Waals surface area contributed by atoms with Gasteiger partial charge < -0.3 is 4.74 Å². The third kappa shape index (κ3) is 2.57. The molecule has 20 heavy (non-hydrogen) atoms. The van der Waals surface area contributed by atoms with Crippen LogP contribution in [0.5, 0.6) is 0 Å². The highest BCUT2D eigenvalue weighted by atomic mass is 32.2. The summed E-state index contributed by atoms with van der Waals surface area (Å²) in [5.41, 5.74) is 0. The van der Waals surface area contributed by atoms with Gasteiger partial charge in [-0.05, 0) is 18.1 Å². The number of ether oxygens (including phenoxy) is 1. The van der Waals surface area contributed by atoms with Crippen LogP contribution in [0, 0.1) is 23.2 Å². The van der Waals surface area contributed by atoms with Crippen LogP contribution in [-0.2, 0) is 19.6 Å². The van der Waals surface area contributed by atoms with E-state index in [2.05, 4.69) is 0 Å². The van der Waals surface area contributed by atoms with E-state index in [0.29, 0.717) is 4.88 Å². The quantitative estimate of drug-likeness (QED) is 0.778. The molecule has 2 atom stereocenters. The first kappa shape index (κ1) is 15.0. The molecule has 2 rings (SSSR count). The van der Waals surface area contributed by atoms with E-state index in [1.54, 1.807) is 0 Å². The van der Waals surface area contributed by atoms with Crippen LogP contribution < -0.4 is 0 Å². The summed E-state index contributed by atoms with van der Waals surface area (Å²) in [6.07, 6.45) is 0. The van der Waals surface area contributed by atoms with Gasteiger partial charge in [0.1, 0.15) is 15.2 Å². The molecule has 1 fully saturated rings. The van der Waals surface area contributed by atoms with Crippen LogP contribution in [0.1, 0.15) is 11.8 Å². The van der Waals surface area contributed by atoms with Gasteiger partial charge in [0.05, 0.1) is 13.0 Å². The summed E-state index contributed by atoms with van der Waals surface area (Å²) in [4.78, 5) is 11.9. The Bertz CT molecular complexity index is 659. The number of methoxy groups -OCH3 is 1. The zero-order chi connectivity index (χ0) is 14.9. The third-order valence-corrected chi connectivity index (χ3v) is 6.66. The SMILES string of the molecule is COC(=O)C1CN(S(=O)(=O)c2ccc(C#N)s2)CC1C. The summed E-state index contributed by atoms with van der Waals surface area (Å²) < 4.78 is 31.0. The predicted molar refractivity (Wildman–Crippen MR) is 72.5 cm³/mol.